The SMILES string of the molecule is O=C(O)Nc1ccc(CCNC(=O)OCc2ccccc2)c(F)c1. The van der Waals surface area contributed by atoms with Crippen LogP contribution in [-0.4, -0.2) is 23.8 Å². The molecule has 126 valence electrons. The van der Waals surface area contributed by atoms with Gasteiger partial charge in [-0.3, -0.25) is 5.32 Å². The fraction of sp³-hybridized carbons (Fsp3) is 0.176. The lowest BCUT2D eigenvalue weighted by Gasteiger charge is -2.08. The van der Waals surface area contributed by atoms with Gasteiger partial charge in [0.15, 0.2) is 0 Å². The third kappa shape index (κ3) is 5.60. The lowest BCUT2D eigenvalue weighted by Crippen LogP contribution is -2.26. The molecule has 3 N–H and O–H groups in total. The van der Waals surface area contributed by atoms with Crippen LogP contribution in [0.15, 0.2) is 48.5 Å². The van der Waals surface area contributed by atoms with Crippen LogP contribution in [0.4, 0.5) is 19.7 Å². The average Bonchev–Trinajstić information content (AvgIpc) is 2.55. The van der Waals surface area contributed by atoms with Crippen LogP contribution in [0.1, 0.15) is 11.1 Å². The fourth-order valence-electron chi connectivity index (χ4n) is 2.02. The second kappa shape index (κ2) is 8.52. The number of hydrogen-bond acceptors (Lipinski definition) is 3. The molecule has 0 saturated carbocycles. The Hall–Kier alpha value is -3.09. The van der Waals surface area contributed by atoms with Crippen LogP contribution in [-0.2, 0) is 17.8 Å². The molecule has 6 nitrogen and oxygen atoms in total. The van der Waals surface area contributed by atoms with Crippen molar-refractivity contribution in [2.75, 3.05) is 11.9 Å². The van der Waals surface area contributed by atoms with Gasteiger partial charge in [-0.05, 0) is 29.7 Å². The molecule has 0 atom stereocenters. The van der Waals surface area contributed by atoms with E-state index in [4.69, 9.17) is 9.84 Å². The van der Waals surface area contributed by atoms with Crippen molar-refractivity contribution in [2.45, 2.75) is 13.0 Å². The van der Waals surface area contributed by atoms with Crippen LogP contribution in [0.2, 0.25) is 0 Å². The molecule has 0 saturated heterocycles. The van der Waals surface area contributed by atoms with Gasteiger partial charge >= 0.3 is 12.2 Å². The van der Waals surface area contributed by atoms with E-state index in [9.17, 15) is 14.0 Å². The highest BCUT2D eigenvalue weighted by molar-refractivity contribution is 5.82. The molecule has 2 rings (SSSR count). The van der Waals surface area contributed by atoms with E-state index in [1.807, 2.05) is 30.3 Å². The molecule has 7 heteroatoms. The zero-order valence-corrected chi connectivity index (χ0v) is 12.8. The summed E-state index contributed by atoms with van der Waals surface area (Å²) in [5.41, 5.74) is 1.40. The van der Waals surface area contributed by atoms with Gasteiger partial charge in [-0.15, -0.1) is 0 Å². The molecular formula is C17H17FN2O4. The number of hydrogen-bond donors (Lipinski definition) is 3. The number of halogens is 1. The van der Waals surface area contributed by atoms with Crippen LogP contribution < -0.4 is 10.6 Å². The summed E-state index contributed by atoms with van der Waals surface area (Å²) in [6.07, 6.45) is -1.58. The van der Waals surface area contributed by atoms with E-state index in [0.29, 0.717) is 5.56 Å². The molecular weight excluding hydrogens is 315 g/mol. The van der Waals surface area contributed by atoms with Crippen LogP contribution >= 0.6 is 0 Å². The number of amides is 2. The highest BCUT2D eigenvalue weighted by Crippen LogP contribution is 2.15. The molecule has 24 heavy (non-hydrogen) atoms. The predicted molar refractivity (Wildman–Crippen MR) is 86.4 cm³/mol. The molecule has 0 spiro atoms. The molecule has 2 aromatic rings. The summed E-state index contributed by atoms with van der Waals surface area (Å²) >= 11 is 0. The summed E-state index contributed by atoms with van der Waals surface area (Å²) in [6.45, 7) is 0.368. The number of carbonyl (C=O) groups excluding carboxylic acids is 1. The highest BCUT2D eigenvalue weighted by Gasteiger charge is 2.07. The van der Waals surface area contributed by atoms with Gasteiger partial charge < -0.3 is 15.2 Å². The monoisotopic (exact) mass is 332 g/mol. The lowest BCUT2D eigenvalue weighted by molar-refractivity contribution is 0.140. The molecule has 2 aromatic carbocycles. The Morgan fingerprint density at radius 1 is 1.12 bits per heavy atom. The van der Waals surface area contributed by atoms with Crippen molar-refractivity contribution < 1.29 is 23.8 Å². The van der Waals surface area contributed by atoms with Crippen LogP contribution in [0, 0.1) is 5.82 Å². The topological polar surface area (TPSA) is 87.7 Å². The molecule has 2 amide bonds. The lowest BCUT2D eigenvalue weighted by atomic mass is 10.1. The van der Waals surface area contributed by atoms with E-state index in [2.05, 4.69) is 10.6 Å². The summed E-state index contributed by atoms with van der Waals surface area (Å²) in [5.74, 6) is -0.541. The van der Waals surface area contributed by atoms with Gasteiger partial charge in [-0.25, -0.2) is 14.0 Å². The van der Waals surface area contributed by atoms with E-state index in [0.717, 1.165) is 11.6 Å². The van der Waals surface area contributed by atoms with Crippen molar-refractivity contribution in [3.63, 3.8) is 0 Å². The Morgan fingerprint density at radius 3 is 2.54 bits per heavy atom. The third-order valence-corrected chi connectivity index (χ3v) is 3.18. The molecule has 0 aliphatic heterocycles. The van der Waals surface area contributed by atoms with Gasteiger partial charge in [0.1, 0.15) is 12.4 Å². The molecule has 0 aromatic heterocycles. The largest absolute Gasteiger partial charge is 0.465 e. The number of nitrogens with one attached hydrogen (secondary N) is 2. The summed E-state index contributed by atoms with van der Waals surface area (Å²) in [5, 5.41) is 13.2. The van der Waals surface area contributed by atoms with Gasteiger partial charge in [0.2, 0.25) is 0 Å². The summed E-state index contributed by atoms with van der Waals surface area (Å²) in [6, 6.07) is 13.3. The number of carboxylic acid groups (broad SMARTS) is 1. The first-order valence-corrected chi connectivity index (χ1v) is 7.27. The normalized spacial score (nSPS) is 10.0. The van der Waals surface area contributed by atoms with Crippen molar-refractivity contribution >= 4 is 17.9 Å². The summed E-state index contributed by atoms with van der Waals surface area (Å²) in [4.78, 5) is 22.0. The highest BCUT2D eigenvalue weighted by atomic mass is 19.1. The average molecular weight is 332 g/mol. The molecule has 0 radical (unpaired) electrons. The van der Waals surface area contributed by atoms with Crippen molar-refractivity contribution in [2.24, 2.45) is 0 Å². The zero-order chi connectivity index (χ0) is 17.4. The summed E-state index contributed by atoms with van der Waals surface area (Å²) < 4.78 is 18.9. The van der Waals surface area contributed by atoms with Gasteiger partial charge in [0, 0.05) is 12.2 Å². The Bertz CT molecular complexity index is 707. The van der Waals surface area contributed by atoms with Gasteiger partial charge in [-0.2, -0.15) is 0 Å². The summed E-state index contributed by atoms with van der Waals surface area (Å²) in [7, 11) is 0. The van der Waals surface area contributed by atoms with E-state index in [1.165, 1.54) is 12.1 Å². The van der Waals surface area contributed by atoms with Crippen molar-refractivity contribution in [3.8, 4) is 0 Å². The van der Waals surface area contributed by atoms with Crippen LogP contribution in [0.3, 0.4) is 0 Å². The maximum absolute atomic E-state index is 13.8. The van der Waals surface area contributed by atoms with Gasteiger partial charge in [0.05, 0.1) is 0 Å². The number of benzene rings is 2. The first-order valence-electron chi connectivity index (χ1n) is 7.27. The standard InChI is InChI=1S/C17H17FN2O4/c18-15-10-14(20-16(21)22)7-6-13(15)8-9-19-17(23)24-11-12-4-2-1-3-5-12/h1-7,10,20H,8-9,11H2,(H,19,23)(H,21,22). The zero-order valence-electron chi connectivity index (χ0n) is 12.8. The Balaban J connectivity index is 1.75. The van der Waals surface area contributed by atoms with Crippen LogP contribution in [0.25, 0.3) is 0 Å². The molecule has 0 bridgehead atoms. The molecule has 0 unspecified atom stereocenters. The van der Waals surface area contributed by atoms with Gasteiger partial charge in [-0.1, -0.05) is 36.4 Å². The number of carbonyl (C=O) groups is 2. The van der Waals surface area contributed by atoms with Crippen molar-refractivity contribution in [1.29, 1.82) is 0 Å². The minimum atomic E-state index is -1.26. The quantitative estimate of drug-likeness (QED) is 0.757. The van der Waals surface area contributed by atoms with E-state index >= 15 is 0 Å². The Morgan fingerprint density at radius 2 is 1.88 bits per heavy atom. The third-order valence-electron chi connectivity index (χ3n) is 3.18. The predicted octanol–water partition coefficient (Wildman–Crippen LogP) is 3.38. The smallest absolute Gasteiger partial charge is 0.409 e. The minimum absolute atomic E-state index is 0.152. The van der Waals surface area contributed by atoms with Crippen molar-refractivity contribution in [1.82, 2.24) is 5.32 Å². The second-order valence-electron chi connectivity index (χ2n) is 4.97. The fourth-order valence-corrected chi connectivity index (χ4v) is 2.02. The van der Waals surface area contributed by atoms with E-state index in [1.54, 1.807) is 0 Å². The van der Waals surface area contributed by atoms with Gasteiger partial charge in [0.25, 0.3) is 0 Å². The Kier molecular flexibility index (Phi) is 6.13. The van der Waals surface area contributed by atoms with E-state index < -0.39 is 18.0 Å². The van der Waals surface area contributed by atoms with Crippen molar-refractivity contribution in [3.05, 3.63) is 65.5 Å². The first-order chi connectivity index (χ1) is 11.5. The number of rotatable bonds is 6. The maximum Gasteiger partial charge on any atom is 0.409 e. The second-order valence-corrected chi connectivity index (χ2v) is 4.97. The minimum Gasteiger partial charge on any atom is -0.465 e. The molecule has 0 fully saturated rings. The molecule has 0 aliphatic rings. The first kappa shape index (κ1) is 17.3. The number of ether oxygens (including phenoxy) is 1. The Labute approximate surface area is 138 Å². The number of alkyl carbamates (subject to hydrolysis) is 1. The van der Waals surface area contributed by atoms with Crippen LogP contribution in [0.5, 0.6) is 0 Å². The molecule has 0 aliphatic carbocycles. The molecule has 0 heterocycles. The van der Waals surface area contributed by atoms with E-state index in [-0.39, 0.29) is 25.3 Å². The maximum atomic E-state index is 13.8. The number of anilines is 1.